The molecule has 2 rings (SSSR count). The Morgan fingerprint density at radius 2 is 2.07 bits per heavy atom. The maximum absolute atomic E-state index is 13.1. The standard InChI is InChI=1S/C11H10ClFO/c1-11(2)5-6-3-9(13)8(12)4-7(6)10(11)14/h3-4H,5H2,1-2H3. The molecule has 1 aliphatic carbocycles. The Hall–Kier alpha value is -0.890. The summed E-state index contributed by atoms with van der Waals surface area (Å²) in [6.45, 7) is 3.72. The van der Waals surface area contributed by atoms with Crippen LogP contribution in [-0.4, -0.2) is 5.78 Å². The van der Waals surface area contributed by atoms with Crippen LogP contribution in [0.5, 0.6) is 0 Å². The van der Waals surface area contributed by atoms with E-state index in [1.807, 2.05) is 13.8 Å². The molecular weight excluding hydrogens is 203 g/mol. The first-order chi connectivity index (χ1) is 6.42. The molecule has 0 saturated carbocycles. The quantitative estimate of drug-likeness (QED) is 0.645. The highest BCUT2D eigenvalue weighted by molar-refractivity contribution is 6.31. The van der Waals surface area contributed by atoms with E-state index in [4.69, 9.17) is 11.6 Å². The average molecular weight is 213 g/mol. The number of halogens is 2. The number of benzene rings is 1. The summed E-state index contributed by atoms with van der Waals surface area (Å²) in [6, 6.07) is 2.80. The highest BCUT2D eigenvalue weighted by Gasteiger charge is 2.37. The van der Waals surface area contributed by atoms with Crippen LogP contribution >= 0.6 is 11.6 Å². The van der Waals surface area contributed by atoms with Crippen molar-refractivity contribution in [1.29, 1.82) is 0 Å². The molecule has 0 saturated heterocycles. The zero-order valence-corrected chi connectivity index (χ0v) is 8.78. The molecular formula is C11H10ClFO. The van der Waals surface area contributed by atoms with E-state index in [0.29, 0.717) is 12.0 Å². The smallest absolute Gasteiger partial charge is 0.169 e. The van der Waals surface area contributed by atoms with Crippen LogP contribution in [0.2, 0.25) is 5.02 Å². The lowest BCUT2D eigenvalue weighted by Gasteiger charge is -2.12. The molecule has 0 fully saturated rings. The number of hydrogen-bond donors (Lipinski definition) is 0. The topological polar surface area (TPSA) is 17.1 Å². The van der Waals surface area contributed by atoms with Crippen LogP contribution < -0.4 is 0 Å². The Bertz CT molecular complexity index is 424. The summed E-state index contributed by atoms with van der Waals surface area (Å²) in [5.74, 6) is -0.398. The average Bonchev–Trinajstić information content (AvgIpc) is 2.28. The van der Waals surface area contributed by atoms with Gasteiger partial charge >= 0.3 is 0 Å². The van der Waals surface area contributed by atoms with Gasteiger partial charge in [-0.15, -0.1) is 0 Å². The van der Waals surface area contributed by atoms with Crippen molar-refractivity contribution in [3.63, 3.8) is 0 Å². The van der Waals surface area contributed by atoms with Crippen molar-refractivity contribution in [2.45, 2.75) is 20.3 Å². The van der Waals surface area contributed by atoms with Crippen molar-refractivity contribution in [2.24, 2.45) is 5.41 Å². The van der Waals surface area contributed by atoms with Crippen LogP contribution in [0, 0.1) is 11.2 Å². The van der Waals surface area contributed by atoms with Gasteiger partial charge in [0.25, 0.3) is 0 Å². The lowest BCUT2D eigenvalue weighted by atomic mass is 9.89. The molecule has 0 spiro atoms. The van der Waals surface area contributed by atoms with E-state index in [1.54, 1.807) is 0 Å². The first kappa shape index (κ1) is 9.66. The molecule has 0 heterocycles. The summed E-state index contributed by atoms with van der Waals surface area (Å²) >= 11 is 5.62. The molecule has 3 heteroatoms. The van der Waals surface area contributed by atoms with Gasteiger partial charge in [0.15, 0.2) is 5.78 Å². The third-order valence-electron chi connectivity index (χ3n) is 2.64. The van der Waals surface area contributed by atoms with Gasteiger partial charge in [0, 0.05) is 11.0 Å². The summed E-state index contributed by atoms with van der Waals surface area (Å²) < 4.78 is 13.1. The molecule has 1 aromatic rings. The predicted molar refractivity (Wildman–Crippen MR) is 53.2 cm³/mol. The number of carbonyl (C=O) groups excluding carboxylic acids is 1. The number of carbonyl (C=O) groups is 1. The van der Waals surface area contributed by atoms with E-state index in [1.165, 1.54) is 12.1 Å². The highest BCUT2D eigenvalue weighted by Crippen LogP contribution is 2.37. The second-order valence-corrected chi connectivity index (χ2v) is 4.72. The van der Waals surface area contributed by atoms with E-state index < -0.39 is 11.2 Å². The van der Waals surface area contributed by atoms with Crippen molar-refractivity contribution in [3.8, 4) is 0 Å². The fourth-order valence-electron chi connectivity index (χ4n) is 1.87. The van der Waals surface area contributed by atoms with Crippen molar-refractivity contribution < 1.29 is 9.18 Å². The van der Waals surface area contributed by atoms with Crippen LogP contribution in [0.1, 0.15) is 29.8 Å². The molecule has 1 aromatic carbocycles. The number of hydrogen-bond acceptors (Lipinski definition) is 1. The van der Waals surface area contributed by atoms with Crippen molar-refractivity contribution in [3.05, 3.63) is 34.1 Å². The molecule has 0 aliphatic heterocycles. The monoisotopic (exact) mass is 212 g/mol. The molecule has 74 valence electrons. The second kappa shape index (κ2) is 2.80. The zero-order valence-electron chi connectivity index (χ0n) is 8.03. The minimum Gasteiger partial charge on any atom is -0.294 e. The number of rotatable bonds is 0. The van der Waals surface area contributed by atoms with Crippen LogP contribution in [0.4, 0.5) is 4.39 Å². The molecule has 1 nitrogen and oxygen atoms in total. The van der Waals surface area contributed by atoms with Crippen LogP contribution in [-0.2, 0) is 6.42 Å². The molecule has 0 radical (unpaired) electrons. The minimum atomic E-state index is -0.448. The Labute approximate surface area is 86.9 Å². The molecule has 0 amide bonds. The molecule has 0 atom stereocenters. The van der Waals surface area contributed by atoms with Crippen LogP contribution in [0.15, 0.2) is 12.1 Å². The van der Waals surface area contributed by atoms with Crippen LogP contribution in [0.3, 0.4) is 0 Å². The van der Waals surface area contributed by atoms with E-state index in [9.17, 15) is 9.18 Å². The third kappa shape index (κ3) is 1.25. The zero-order chi connectivity index (χ0) is 10.5. The summed E-state index contributed by atoms with van der Waals surface area (Å²) in [7, 11) is 0. The number of fused-ring (bicyclic) bond motifs is 1. The van der Waals surface area contributed by atoms with E-state index in [2.05, 4.69) is 0 Å². The third-order valence-corrected chi connectivity index (χ3v) is 2.93. The Balaban J connectivity index is 2.61. The molecule has 0 N–H and O–H groups in total. The summed E-state index contributed by atoms with van der Waals surface area (Å²) in [5, 5.41) is 0.0230. The van der Waals surface area contributed by atoms with E-state index in [0.717, 1.165) is 5.56 Å². The Kier molecular flexibility index (Phi) is 1.93. The van der Waals surface area contributed by atoms with Gasteiger partial charge in [-0.1, -0.05) is 25.4 Å². The van der Waals surface area contributed by atoms with Crippen molar-refractivity contribution >= 4 is 17.4 Å². The summed E-state index contributed by atoms with van der Waals surface area (Å²) in [4.78, 5) is 11.8. The largest absolute Gasteiger partial charge is 0.294 e. The number of Topliss-reactive ketones (excluding diaryl/α,β-unsaturated/α-hetero) is 1. The normalized spacial score (nSPS) is 18.4. The summed E-state index contributed by atoms with van der Waals surface area (Å²) in [5.41, 5.74) is 0.919. The fourth-order valence-corrected chi connectivity index (χ4v) is 2.03. The molecule has 0 unspecified atom stereocenters. The van der Waals surface area contributed by atoms with Crippen molar-refractivity contribution in [1.82, 2.24) is 0 Å². The van der Waals surface area contributed by atoms with Gasteiger partial charge in [-0.25, -0.2) is 4.39 Å². The Morgan fingerprint density at radius 3 is 2.71 bits per heavy atom. The minimum absolute atomic E-state index is 0.0230. The predicted octanol–water partition coefficient (Wildman–Crippen LogP) is 3.24. The maximum Gasteiger partial charge on any atom is 0.169 e. The molecule has 14 heavy (non-hydrogen) atoms. The lowest BCUT2D eigenvalue weighted by Crippen LogP contribution is -2.18. The van der Waals surface area contributed by atoms with E-state index in [-0.39, 0.29) is 10.8 Å². The number of ketones is 1. The van der Waals surface area contributed by atoms with Crippen molar-refractivity contribution in [2.75, 3.05) is 0 Å². The maximum atomic E-state index is 13.1. The molecule has 0 aromatic heterocycles. The fraction of sp³-hybridized carbons (Fsp3) is 0.364. The van der Waals surface area contributed by atoms with Gasteiger partial charge in [0.2, 0.25) is 0 Å². The van der Waals surface area contributed by atoms with Gasteiger partial charge in [-0.2, -0.15) is 0 Å². The highest BCUT2D eigenvalue weighted by atomic mass is 35.5. The van der Waals surface area contributed by atoms with Gasteiger partial charge in [-0.05, 0) is 24.1 Å². The second-order valence-electron chi connectivity index (χ2n) is 4.31. The Morgan fingerprint density at radius 1 is 1.43 bits per heavy atom. The first-order valence-electron chi connectivity index (χ1n) is 4.44. The van der Waals surface area contributed by atoms with Gasteiger partial charge < -0.3 is 0 Å². The molecule has 0 bridgehead atoms. The molecule has 1 aliphatic rings. The SMILES string of the molecule is CC1(C)Cc2cc(F)c(Cl)cc2C1=O. The summed E-state index contributed by atoms with van der Waals surface area (Å²) in [6.07, 6.45) is 0.593. The lowest BCUT2D eigenvalue weighted by molar-refractivity contribution is 0.0863. The van der Waals surface area contributed by atoms with Gasteiger partial charge in [-0.3, -0.25) is 4.79 Å². The van der Waals surface area contributed by atoms with Gasteiger partial charge in [0.05, 0.1) is 5.02 Å². The van der Waals surface area contributed by atoms with E-state index >= 15 is 0 Å². The van der Waals surface area contributed by atoms with Crippen LogP contribution in [0.25, 0.3) is 0 Å². The van der Waals surface area contributed by atoms with Gasteiger partial charge in [0.1, 0.15) is 5.82 Å². The first-order valence-corrected chi connectivity index (χ1v) is 4.82.